The monoisotopic (exact) mass is 267 g/mol. The summed E-state index contributed by atoms with van der Waals surface area (Å²) in [5, 5.41) is 11.1. The minimum absolute atomic E-state index is 0.147. The van der Waals surface area contributed by atoms with Crippen LogP contribution in [0.2, 0.25) is 5.02 Å². The van der Waals surface area contributed by atoms with Crippen molar-refractivity contribution in [2.75, 3.05) is 0 Å². The molecule has 6 nitrogen and oxygen atoms in total. The molecule has 0 aliphatic rings. The number of nitrogens with one attached hydrogen (secondary N) is 1. The Labute approximate surface area is 105 Å². The standard InChI is InChI=1S/C11H6ClNO5/c12-6-3-1-5(2-4-6)9(14)7-8(10(15)16)13-18-11(7)17/h1-4,13H,(H,15,16). The van der Waals surface area contributed by atoms with E-state index < -0.39 is 28.6 Å². The number of H-pyrrole nitrogens is 1. The number of hydrogen-bond donors (Lipinski definition) is 2. The van der Waals surface area contributed by atoms with Gasteiger partial charge in [0, 0.05) is 10.6 Å². The van der Waals surface area contributed by atoms with Crippen molar-refractivity contribution in [3.63, 3.8) is 0 Å². The van der Waals surface area contributed by atoms with Gasteiger partial charge in [-0.1, -0.05) is 11.6 Å². The summed E-state index contributed by atoms with van der Waals surface area (Å²) in [5.74, 6) is -2.18. The van der Waals surface area contributed by atoms with Crippen LogP contribution in [0, 0.1) is 0 Å². The van der Waals surface area contributed by atoms with Crippen LogP contribution in [0.5, 0.6) is 0 Å². The van der Waals surface area contributed by atoms with Gasteiger partial charge in [-0.05, 0) is 24.3 Å². The zero-order chi connectivity index (χ0) is 13.3. The number of ketones is 1. The molecule has 0 fully saturated rings. The number of hydrogen-bond acceptors (Lipinski definition) is 4. The van der Waals surface area contributed by atoms with Gasteiger partial charge < -0.3 is 9.63 Å². The first-order valence-electron chi connectivity index (χ1n) is 4.75. The molecule has 7 heteroatoms. The molecule has 0 radical (unpaired) electrons. The van der Waals surface area contributed by atoms with E-state index in [1.165, 1.54) is 24.3 Å². The maximum Gasteiger partial charge on any atom is 0.369 e. The quantitative estimate of drug-likeness (QED) is 0.822. The molecule has 0 aliphatic heterocycles. The lowest BCUT2D eigenvalue weighted by Crippen LogP contribution is -2.15. The van der Waals surface area contributed by atoms with E-state index in [4.69, 9.17) is 16.7 Å². The zero-order valence-corrected chi connectivity index (χ0v) is 9.52. The maximum atomic E-state index is 12.0. The third-order valence-electron chi connectivity index (χ3n) is 2.25. The molecule has 2 N–H and O–H groups in total. The molecule has 18 heavy (non-hydrogen) atoms. The Kier molecular flexibility index (Phi) is 3.03. The molecule has 2 rings (SSSR count). The summed E-state index contributed by atoms with van der Waals surface area (Å²) in [6.07, 6.45) is 0. The van der Waals surface area contributed by atoms with E-state index in [-0.39, 0.29) is 5.56 Å². The number of aromatic nitrogens is 1. The molecule has 0 saturated heterocycles. The molecule has 2 aromatic rings. The van der Waals surface area contributed by atoms with E-state index in [1.54, 1.807) is 0 Å². The minimum atomic E-state index is -1.45. The summed E-state index contributed by atoms with van der Waals surface area (Å²) >= 11 is 5.66. The third-order valence-corrected chi connectivity index (χ3v) is 2.50. The lowest BCUT2D eigenvalue weighted by atomic mass is 10.0. The summed E-state index contributed by atoms with van der Waals surface area (Å²) in [4.78, 5) is 34.1. The van der Waals surface area contributed by atoms with Crippen LogP contribution in [0.25, 0.3) is 0 Å². The predicted octanol–water partition coefficient (Wildman–Crippen LogP) is 1.55. The highest BCUT2D eigenvalue weighted by molar-refractivity contribution is 6.30. The van der Waals surface area contributed by atoms with Gasteiger partial charge in [-0.15, -0.1) is 0 Å². The Morgan fingerprint density at radius 1 is 1.22 bits per heavy atom. The molecule has 0 saturated carbocycles. The second kappa shape index (κ2) is 4.50. The third kappa shape index (κ3) is 2.05. The van der Waals surface area contributed by atoms with Gasteiger partial charge in [0.25, 0.3) is 0 Å². The number of aromatic carboxylic acids is 1. The topological polar surface area (TPSA) is 100 Å². The molecule has 0 unspecified atom stereocenters. The number of aromatic amines is 1. The van der Waals surface area contributed by atoms with Crippen molar-refractivity contribution >= 4 is 23.4 Å². The minimum Gasteiger partial charge on any atom is -0.476 e. The number of halogens is 1. The summed E-state index contributed by atoms with van der Waals surface area (Å²) in [5.41, 5.74) is -1.98. The van der Waals surface area contributed by atoms with E-state index in [0.717, 1.165) is 0 Å². The molecule has 0 spiro atoms. The summed E-state index contributed by atoms with van der Waals surface area (Å²) in [7, 11) is 0. The van der Waals surface area contributed by atoms with Crippen LogP contribution in [0.3, 0.4) is 0 Å². The number of benzene rings is 1. The van der Waals surface area contributed by atoms with Crippen LogP contribution in [0.1, 0.15) is 26.4 Å². The zero-order valence-electron chi connectivity index (χ0n) is 8.77. The highest BCUT2D eigenvalue weighted by atomic mass is 35.5. The Hall–Kier alpha value is -2.34. The largest absolute Gasteiger partial charge is 0.476 e. The number of rotatable bonds is 3. The fraction of sp³-hybridized carbons (Fsp3) is 0. The van der Waals surface area contributed by atoms with E-state index >= 15 is 0 Å². The fourth-order valence-electron chi connectivity index (χ4n) is 1.40. The lowest BCUT2D eigenvalue weighted by molar-refractivity contribution is 0.0682. The van der Waals surface area contributed by atoms with Crippen molar-refractivity contribution in [3.8, 4) is 0 Å². The second-order valence-electron chi connectivity index (χ2n) is 3.38. The molecular formula is C11H6ClNO5. The first kappa shape index (κ1) is 12.1. The Bertz CT molecular complexity index is 667. The second-order valence-corrected chi connectivity index (χ2v) is 3.82. The first-order chi connectivity index (χ1) is 8.50. The average Bonchev–Trinajstić information content (AvgIpc) is 2.71. The summed E-state index contributed by atoms with van der Waals surface area (Å²) < 4.78 is 4.32. The molecule has 1 aromatic carbocycles. The van der Waals surface area contributed by atoms with Crippen LogP contribution in [0.15, 0.2) is 33.6 Å². The summed E-state index contributed by atoms with van der Waals surface area (Å²) in [6, 6.07) is 5.71. The maximum absolute atomic E-state index is 12.0. The number of carboxylic acid groups (broad SMARTS) is 1. The Balaban J connectivity index is 2.52. The molecule has 0 bridgehead atoms. The first-order valence-corrected chi connectivity index (χ1v) is 5.13. The normalized spacial score (nSPS) is 10.3. The van der Waals surface area contributed by atoms with Crippen molar-refractivity contribution < 1.29 is 19.2 Å². The average molecular weight is 268 g/mol. The van der Waals surface area contributed by atoms with Crippen molar-refractivity contribution in [1.82, 2.24) is 5.16 Å². The Morgan fingerprint density at radius 3 is 2.39 bits per heavy atom. The fourth-order valence-corrected chi connectivity index (χ4v) is 1.53. The molecule has 1 aromatic heterocycles. The van der Waals surface area contributed by atoms with Crippen LogP contribution in [-0.2, 0) is 0 Å². The number of carbonyl (C=O) groups excluding carboxylic acids is 1. The van der Waals surface area contributed by atoms with Crippen molar-refractivity contribution in [1.29, 1.82) is 0 Å². The van der Waals surface area contributed by atoms with Crippen molar-refractivity contribution in [2.45, 2.75) is 0 Å². The molecular weight excluding hydrogens is 262 g/mol. The molecule has 92 valence electrons. The van der Waals surface area contributed by atoms with Crippen LogP contribution < -0.4 is 5.63 Å². The summed E-state index contributed by atoms with van der Waals surface area (Å²) in [6.45, 7) is 0. The van der Waals surface area contributed by atoms with Crippen LogP contribution in [-0.4, -0.2) is 22.0 Å². The highest BCUT2D eigenvalue weighted by Crippen LogP contribution is 2.14. The van der Waals surface area contributed by atoms with E-state index in [1.807, 2.05) is 5.16 Å². The van der Waals surface area contributed by atoms with Gasteiger partial charge in [-0.25, -0.2) is 14.7 Å². The van der Waals surface area contributed by atoms with E-state index in [9.17, 15) is 14.4 Å². The molecule has 1 heterocycles. The molecule has 0 atom stereocenters. The van der Waals surface area contributed by atoms with Crippen LogP contribution >= 0.6 is 11.6 Å². The highest BCUT2D eigenvalue weighted by Gasteiger charge is 2.25. The van der Waals surface area contributed by atoms with Gasteiger partial charge in [-0.2, -0.15) is 0 Å². The van der Waals surface area contributed by atoms with E-state index in [0.29, 0.717) is 5.02 Å². The SMILES string of the molecule is O=C(O)c1[nH]oc(=O)c1C(=O)c1ccc(Cl)cc1. The van der Waals surface area contributed by atoms with Gasteiger partial charge >= 0.3 is 11.6 Å². The lowest BCUT2D eigenvalue weighted by Gasteiger charge is -1.98. The van der Waals surface area contributed by atoms with Crippen molar-refractivity contribution in [3.05, 3.63) is 56.5 Å². The van der Waals surface area contributed by atoms with Gasteiger partial charge in [0.1, 0.15) is 5.56 Å². The molecule has 0 amide bonds. The Morgan fingerprint density at radius 2 is 1.83 bits per heavy atom. The van der Waals surface area contributed by atoms with Gasteiger partial charge in [0.05, 0.1) is 0 Å². The van der Waals surface area contributed by atoms with Crippen LogP contribution in [0.4, 0.5) is 0 Å². The number of carboxylic acids is 1. The van der Waals surface area contributed by atoms with Gasteiger partial charge in [0.2, 0.25) is 5.78 Å². The van der Waals surface area contributed by atoms with Gasteiger partial charge in [-0.3, -0.25) is 4.79 Å². The molecule has 0 aliphatic carbocycles. The van der Waals surface area contributed by atoms with Crippen molar-refractivity contribution in [2.24, 2.45) is 0 Å². The number of carbonyl (C=O) groups is 2. The predicted molar refractivity (Wildman–Crippen MR) is 61.2 cm³/mol. The smallest absolute Gasteiger partial charge is 0.369 e. The van der Waals surface area contributed by atoms with Gasteiger partial charge in [0.15, 0.2) is 5.69 Å². The van der Waals surface area contributed by atoms with E-state index in [2.05, 4.69) is 4.52 Å².